The molecule has 0 spiro atoms. The zero-order chi connectivity index (χ0) is 21.4. The SMILES string of the molecule is CC1CCN(c2ncc(S(C)(=O)=O)c(C3CCN(C(=O)C(C)(C)C)CC3)n2)CC1. The molecule has 0 bridgehead atoms. The van der Waals surface area contributed by atoms with Crippen molar-refractivity contribution in [3.05, 3.63) is 11.9 Å². The molecule has 8 heteroatoms. The summed E-state index contributed by atoms with van der Waals surface area (Å²) in [5.41, 5.74) is 0.220. The van der Waals surface area contributed by atoms with Gasteiger partial charge in [-0.05, 0) is 31.6 Å². The van der Waals surface area contributed by atoms with Crippen molar-refractivity contribution in [2.45, 2.75) is 64.2 Å². The van der Waals surface area contributed by atoms with E-state index in [0.29, 0.717) is 30.6 Å². The molecule has 2 saturated heterocycles. The molecule has 0 saturated carbocycles. The van der Waals surface area contributed by atoms with Gasteiger partial charge in [0.05, 0.1) is 11.9 Å². The van der Waals surface area contributed by atoms with E-state index in [0.717, 1.165) is 38.8 Å². The van der Waals surface area contributed by atoms with Crippen molar-refractivity contribution in [1.82, 2.24) is 14.9 Å². The highest BCUT2D eigenvalue weighted by molar-refractivity contribution is 7.90. The summed E-state index contributed by atoms with van der Waals surface area (Å²) in [7, 11) is -3.42. The van der Waals surface area contributed by atoms with E-state index in [9.17, 15) is 13.2 Å². The number of anilines is 1. The Morgan fingerprint density at radius 1 is 1.07 bits per heavy atom. The first-order valence-corrected chi connectivity index (χ1v) is 12.5. The van der Waals surface area contributed by atoms with Gasteiger partial charge in [0.25, 0.3) is 0 Å². The predicted molar refractivity (Wildman–Crippen MR) is 114 cm³/mol. The summed E-state index contributed by atoms with van der Waals surface area (Å²) in [4.78, 5) is 26.0. The van der Waals surface area contributed by atoms with Gasteiger partial charge < -0.3 is 9.80 Å². The summed E-state index contributed by atoms with van der Waals surface area (Å²) in [6, 6.07) is 0. The second-order valence-corrected chi connectivity index (χ2v) is 11.7. The molecule has 0 atom stereocenters. The number of amides is 1. The van der Waals surface area contributed by atoms with E-state index in [1.54, 1.807) is 0 Å². The minimum absolute atomic E-state index is 0.0224. The number of hydrogen-bond donors (Lipinski definition) is 0. The minimum atomic E-state index is -3.42. The molecular formula is C21H34N4O3S. The molecule has 0 N–H and O–H groups in total. The zero-order valence-electron chi connectivity index (χ0n) is 18.3. The lowest BCUT2D eigenvalue weighted by Gasteiger charge is -2.36. The first-order chi connectivity index (χ1) is 13.5. The van der Waals surface area contributed by atoms with Crippen LogP contribution in [0.2, 0.25) is 0 Å². The molecule has 0 unspecified atom stereocenters. The molecule has 162 valence electrons. The maximum atomic E-state index is 12.6. The Bertz CT molecular complexity index is 847. The molecule has 1 aromatic heterocycles. The summed E-state index contributed by atoms with van der Waals surface area (Å²) in [5.74, 6) is 1.50. The van der Waals surface area contributed by atoms with Gasteiger partial charge in [-0.3, -0.25) is 4.79 Å². The van der Waals surface area contributed by atoms with Crippen LogP contribution in [-0.4, -0.2) is 61.6 Å². The quantitative estimate of drug-likeness (QED) is 0.745. The van der Waals surface area contributed by atoms with Gasteiger partial charge in [-0.15, -0.1) is 0 Å². The van der Waals surface area contributed by atoms with Crippen LogP contribution >= 0.6 is 0 Å². The van der Waals surface area contributed by atoms with Crippen molar-refractivity contribution in [2.24, 2.45) is 11.3 Å². The maximum absolute atomic E-state index is 12.6. The third-order valence-corrected chi connectivity index (χ3v) is 7.16. The number of aromatic nitrogens is 2. The smallest absolute Gasteiger partial charge is 0.227 e. The van der Waals surface area contributed by atoms with Gasteiger partial charge in [0.2, 0.25) is 11.9 Å². The van der Waals surface area contributed by atoms with Gasteiger partial charge in [-0.25, -0.2) is 18.4 Å². The van der Waals surface area contributed by atoms with Gasteiger partial charge in [-0.2, -0.15) is 0 Å². The molecule has 29 heavy (non-hydrogen) atoms. The lowest BCUT2D eigenvalue weighted by molar-refractivity contribution is -0.140. The Morgan fingerprint density at radius 2 is 1.66 bits per heavy atom. The number of carbonyl (C=O) groups excluding carboxylic acids is 1. The average molecular weight is 423 g/mol. The van der Waals surface area contributed by atoms with Crippen molar-refractivity contribution in [3.8, 4) is 0 Å². The van der Waals surface area contributed by atoms with Crippen molar-refractivity contribution in [1.29, 1.82) is 0 Å². The van der Waals surface area contributed by atoms with E-state index in [1.807, 2.05) is 25.7 Å². The Kier molecular flexibility index (Phi) is 6.22. The lowest BCUT2D eigenvalue weighted by atomic mass is 9.89. The summed E-state index contributed by atoms with van der Waals surface area (Å²) < 4.78 is 24.7. The maximum Gasteiger partial charge on any atom is 0.227 e. The summed E-state index contributed by atoms with van der Waals surface area (Å²) in [6.45, 7) is 11.1. The minimum Gasteiger partial charge on any atom is -0.342 e. The molecule has 2 aliphatic heterocycles. The van der Waals surface area contributed by atoms with Crippen LogP contribution in [0.4, 0.5) is 5.95 Å². The number of nitrogens with zero attached hydrogens (tertiary/aromatic N) is 4. The number of piperidine rings is 2. The number of hydrogen-bond acceptors (Lipinski definition) is 6. The van der Waals surface area contributed by atoms with Gasteiger partial charge in [-0.1, -0.05) is 27.7 Å². The fourth-order valence-electron chi connectivity index (χ4n) is 4.14. The van der Waals surface area contributed by atoms with Crippen LogP contribution in [0.3, 0.4) is 0 Å². The number of sulfone groups is 1. The zero-order valence-corrected chi connectivity index (χ0v) is 19.1. The van der Waals surface area contributed by atoms with Crippen molar-refractivity contribution >= 4 is 21.7 Å². The average Bonchev–Trinajstić information content (AvgIpc) is 2.66. The summed E-state index contributed by atoms with van der Waals surface area (Å²) >= 11 is 0. The van der Waals surface area contributed by atoms with E-state index >= 15 is 0 Å². The fourth-order valence-corrected chi connectivity index (χ4v) is 4.98. The Hall–Kier alpha value is -1.70. The monoisotopic (exact) mass is 422 g/mol. The lowest BCUT2D eigenvalue weighted by Crippen LogP contribution is -2.44. The van der Waals surface area contributed by atoms with Crippen molar-refractivity contribution < 1.29 is 13.2 Å². The highest BCUT2D eigenvalue weighted by atomic mass is 32.2. The molecule has 0 aromatic carbocycles. The molecule has 3 rings (SSSR count). The van der Waals surface area contributed by atoms with Gasteiger partial charge >= 0.3 is 0 Å². The fraction of sp³-hybridized carbons (Fsp3) is 0.762. The molecule has 2 aliphatic rings. The van der Waals surface area contributed by atoms with E-state index in [4.69, 9.17) is 4.98 Å². The van der Waals surface area contributed by atoms with Gasteiger partial charge in [0, 0.05) is 43.8 Å². The normalized spacial score (nSPS) is 20.2. The largest absolute Gasteiger partial charge is 0.342 e. The molecule has 1 amide bonds. The Morgan fingerprint density at radius 3 is 2.17 bits per heavy atom. The van der Waals surface area contributed by atoms with Crippen LogP contribution in [0.5, 0.6) is 0 Å². The third-order valence-electron chi connectivity index (χ3n) is 6.05. The second kappa shape index (κ2) is 8.20. The third kappa shape index (κ3) is 5.08. The van der Waals surface area contributed by atoms with Crippen LogP contribution in [0.25, 0.3) is 0 Å². The van der Waals surface area contributed by atoms with Crippen LogP contribution < -0.4 is 4.90 Å². The highest BCUT2D eigenvalue weighted by Gasteiger charge is 2.33. The van der Waals surface area contributed by atoms with Crippen LogP contribution in [0.1, 0.15) is 65.0 Å². The van der Waals surface area contributed by atoms with Crippen LogP contribution in [0.15, 0.2) is 11.1 Å². The predicted octanol–water partition coefficient (Wildman–Crippen LogP) is 2.87. The van der Waals surface area contributed by atoms with Crippen LogP contribution in [0, 0.1) is 11.3 Å². The van der Waals surface area contributed by atoms with Gasteiger partial charge in [0.15, 0.2) is 9.84 Å². The molecule has 2 fully saturated rings. The number of carbonyl (C=O) groups is 1. The number of rotatable bonds is 3. The second-order valence-electron chi connectivity index (χ2n) is 9.68. The molecule has 0 radical (unpaired) electrons. The van der Waals surface area contributed by atoms with Gasteiger partial charge in [0.1, 0.15) is 4.90 Å². The van der Waals surface area contributed by atoms with E-state index in [-0.39, 0.29) is 16.7 Å². The van der Waals surface area contributed by atoms with E-state index in [1.165, 1.54) is 12.5 Å². The molecule has 1 aromatic rings. The standard InChI is InChI=1S/C21H34N4O3S/c1-15-6-10-25(11-7-15)20-22-14-17(29(5,27)28)18(23-20)16-8-12-24(13-9-16)19(26)21(2,3)4/h14-16H,6-13H2,1-5H3. The van der Waals surface area contributed by atoms with E-state index in [2.05, 4.69) is 16.8 Å². The first kappa shape index (κ1) is 22.0. The molecule has 3 heterocycles. The topological polar surface area (TPSA) is 83.5 Å². The highest BCUT2D eigenvalue weighted by Crippen LogP contribution is 2.33. The molecule has 7 nitrogen and oxygen atoms in total. The first-order valence-electron chi connectivity index (χ1n) is 10.6. The van der Waals surface area contributed by atoms with Crippen molar-refractivity contribution in [3.63, 3.8) is 0 Å². The molecular weight excluding hydrogens is 388 g/mol. The summed E-state index contributed by atoms with van der Waals surface area (Å²) in [6.07, 6.45) is 6.34. The Labute approximate surface area is 174 Å². The summed E-state index contributed by atoms with van der Waals surface area (Å²) in [5, 5.41) is 0. The number of likely N-dealkylation sites (tertiary alicyclic amines) is 1. The van der Waals surface area contributed by atoms with E-state index < -0.39 is 15.3 Å². The van der Waals surface area contributed by atoms with Crippen molar-refractivity contribution in [2.75, 3.05) is 37.3 Å². The molecule has 0 aliphatic carbocycles. The Balaban J connectivity index is 1.83. The van der Waals surface area contributed by atoms with Crippen LogP contribution in [-0.2, 0) is 14.6 Å².